The second kappa shape index (κ2) is 9.24. The number of phenolic OH excluding ortho intramolecular Hbond substituents is 1. The number of piperazine rings is 1. The average molecular weight is 396 g/mol. The molecule has 0 radical (unpaired) electrons. The summed E-state index contributed by atoms with van der Waals surface area (Å²) in [6, 6.07) is 5.10. The third-order valence-electron chi connectivity index (χ3n) is 5.92. The highest BCUT2D eigenvalue weighted by molar-refractivity contribution is 6.32. The fraction of sp³-hybridized carbons (Fsp3) is 0.650. The van der Waals surface area contributed by atoms with Crippen LogP contribution in [-0.2, 0) is 0 Å². The number of carbonyl (C=O) groups is 1. The van der Waals surface area contributed by atoms with Gasteiger partial charge in [-0.25, -0.2) is 0 Å². The van der Waals surface area contributed by atoms with Gasteiger partial charge in [0.05, 0.1) is 5.02 Å². The van der Waals surface area contributed by atoms with E-state index in [1.165, 1.54) is 12.1 Å². The summed E-state index contributed by atoms with van der Waals surface area (Å²) in [4.78, 5) is 19.7. The van der Waals surface area contributed by atoms with Gasteiger partial charge >= 0.3 is 0 Å². The van der Waals surface area contributed by atoms with Crippen molar-refractivity contribution < 1.29 is 15.0 Å². The number of benzene rings is 1. The first-order chi connectivity index (χ1) is 13.0. The Kier molecular flexibility index (Phi) is 6.98. The van der Waals surface area contributed by atoms with Crippen LogP contribution in [0.4, 0.5) is 0 Å². The number of carbonyl (C=O) groups excluding carboxylic acids is 1. The number of hydrogen-bond donors (Lipinski definition) is 2. The lowest BCUT2D eigenvalue weighted by molar-refractivity contribution is 0.0218. The number of aliphatic hydroxyl groups is 1. The largest absolute Gasteiger partial charge is 0.506 e. The van der Waals surface area contributed by atoms with Crippen LogP contribution in [0, 0.1) is 5.92 Å². The SMILES string of the molecule is CN1CCN([C@H]2CCN(C(=O)c3ccc(O)c(Cl)c3)C[C@H]2CCCO)CC1. The van der Waals surface area contributed by atoms with Gasteiger partial charge in [0, 0.05) is 57.5 Å². The quantitative estimate of drug-likeness (QED) is 0.797. The smallest absolute Gasteiger partial charge is 0.253 e. The molecule has 0 spiro atoms. The lowest BCUT2D eigenvalue weighted by Gasteiger charge is -2.46. The monoisotopic (exact) mass is 395 g/mol. The predicted octanol–water partition coefficient (Wildman–Crippen LogP) is 1.90. The van der Waals surface area contributed by atoms with Gasteiger partial charge in [0.2, 0.25) is 0 Å². The van der Waals surface area contributed by atoms with Gasteiger partial charge in [-0.2, -0.15) is 0 Å². The number of aromatic hydroxyl groups is 1. The highest BCUT2D eigenvalue weighted by atomic mass is 35.5. The van der Waals surface area contributed by atoms with E-state index in [9.17, 15) is 15.0 Å². The van der Waals surface area contributed by atoms with E-state index in [1.807, 2.05) is 4.90 Å². The van der Waals surface area contributed by atoms with Crippen LogP contribution >= 0.6 is 11.6 Å². The highest BCUT2D eigenvalue weighted by Crippen LogP contribution is 2.29. The van der Waals surface area contributed by atoms with Crippen molar-refractivity contribution in [1.82, 2.24) is 14.7 Å². The molecule has 2 fully saturated rings. The average Bonchev–Trinajstić information content (AvgIpc) is 2.68. The van der Waals surface area contributed by atoms with Crippen LogP contribution in [0.15, 0.2) is 18.2 Å². The summed E-state index contributed by atoms with van der Waals surface area (Å²) in [6.45, 7) is 5.91. The van der Waals surface area contributed by atoms with Crippen molar-refractivity contribution in [3.63, 3.8) is 0 Å². The van der Waals surface area contributed by atoms with Crippen molar-refractivity contribution >= 4 is 17.5 Å². The topological polar surface area (TPSA) is 67.2 Å². The fourth-order valence-corrected chi connectivity index (χ4v) is 4.48. The Bertz CT molecular complexity index is 649. The van der Waals surface area contributed by atoms with E-state index < -0.39 is 0 Å². The van der Waals surface area contributed by atoms with Gasteiger partial charge in [0.15, 0.2) is 0 Å². The van der Waals surface area contributed by atoms with Crippen LogP contribution < -0.4 is 0 Å². The zero-order valence-corrected chi connectivity index (χ0v) is 16.7. The zero-order valence-electron chi connectivity index (χ0n) is 16.0. The van der Waals surface area contributed by atoms with E-state index in [4.69, 9.17) is 11.6 Å². The Labute approximate surface area is 166 Å². The maximum atomic E-state index is 12.9. The molecule has 2 saturated heterocycles. The van der Waals surface area contributed by atoms with Crippen LogP contribution in [0.2, 0.25) is 5.02 Å². The summed E-state index contributed by atoms with van der Waals surface area (Å²) < 4.78 is 0. The molecule has 0 aliphatic carbocycles. The lowest BCUT2D eigenvalue weighted by Crippen LogP contribution is -2.56. The van der Waals surface area contributed by atoms with Gasteiger partial charge in [-0.3, -0.25) is 9.69 Å². The van der Waals surface area contributed by atoms with Crippen LogP contribution in [0.3, 0.4) is 0 Å². The molecule has 1 aromatic carbocycles. The molecule has 7 heteroatoms. The number of hydrogen-bond acceptors (Lipinski definition) is 5. The summed E-state index contributed by atoms with van der Waals surface area (Å²) in [5, 5.41) is 19.1. The van der Waals surface area contributed by atoms with Gasteiger partial charge in [0.25, 0.3) is 5.91 Å². The normalized spacial score (nSPS) is 24.9. The molecule has 27 heavy (non-hydrogen) atoms. The summed E-state index contributed by atoms with van der Waals surface area (Å²) in [5.74, 6) is 0.316. The number of piperidine rings is 1. The lowest BCUT2D eigenvalue weighted by atomic mass is 9.86. The van der Waals surface area contributed by atoms with E-state index in [0.29, 0.717) is 24.1 Å². The molecule has 0 bridgehead atoms. The second-order valence-electron chi connectivity index (χ2n) is 7.74. The van der Waals surface area contributed by atoms with Crippen molar-refractivity contribution in [2.75, 3.05) is 52.9 Å². The molecule has 3 rings (SSSR count). The fourth-order valence-electron chi connectivity index (χ4n) is 4.30. The minimum atomic E-state index is -0.0391. The number of phenols is 1. The minimum absolute atomic E-state index is 0.0113. The number of likely N-dealkylation sites (tertiary alicyclic amines) is 1. The Balaban J connectivity index is 1.69. The van der Waals surface area contributed by atoms with Crippen LogP contribution in [0.1, 0.15) is 29.6 Å². The second-order valence-corrected chi connectivity index (χ2v) is 8.15. The minimum Gasteiger partial charge on any atom is -0.506 e. The third-order valence-corrected chi connectivity index (χ3v) is 6.22. The number of likely N-dealkylation sites (N-methyl/N-ethyl adjacent to an activating group) is 1. The molecule has 2 N–H and O–H groups in total. The van der Waals surface area contributed by atoms with Gasteiger partial charge in [-0.1, -0.05) is 11.6 Å². The van der Waals surface area contributed by atoms with Crippen molar-refractivity contribution in [3.05, 3.63) is 28.8 Å². The summed E-state index contributed by atoms with van der Waals surface area (Å²) in [5.41, 5.74) is 0.511. The standard InChI is InChI=1S/C20H30ClN3O3/c1-22-8-10-23(11-9-22)18-6-7-24(14-16(18)3-2-12-25)20(27)15-4-5-19(26)17(21)13-15/h4-5,13,16,18,25-26H,2-3,6-12,14H2,1H3/t16-,18+/m1/s1. The summed E-state index contributed by atoms with van der Waals surface area (Å²) >= 11 is 5.97. The number of nitrogens with zero attached hydrogens (tertiary/aromatic N) is 3. The molecule has 2 heterocycles. The molecule has 0 unspecified atom stereocenters. The predicted molar refractivity (Wildman–Crippen MR) is 106 cm³/mol. The molecule has 0 aromatic heterocycles. The van der Waals surface area contributed by atoms with Gasteiger partial charge < -0.3 is 20.0 Å². The molecule has 2 aliphatic heterocycles. The Hall–Kier alpha value is -1.34. The zero-order chi connectivity index (χ0) is 19.4. The Morgan fingerprint density at radius 3 is 2.63 bits per heavy atom. The molecule has 1 amide bonds. The maximum absolute atomic E-state index is 12.9. The highest BCUT2D eigenvalue weighted by Gasteiger charge is 2.35. The Morgan fingerprint density at radius 2 is 1.96 bits per heavy atom. The first-order valence-corrected chi connectivity index (χ1v) is 10.2. The third kappa shape index (κ3) is 4.93. The van der Waals surface area contributed by atoms with Gasteiger partial charge in [-0.05, 0) is 50.4 Å². The van der Waals surface area contributed by atoms with Crippen molar-refractivity contribution in [2.45, 2.75) is 25.3 Å². The molecule has 0 saturated carbocycles. The molecule has 2 aliphatic rings. The van der Waals surface area contributed by atoms with E-state index in [-0.39, 0.29) is 23.3 Å². The molecule has 2 atom stereocenters. The van der Waals surface area contributed by atoms with Crippen molar-refractivity contribution in [2.24, 2.45) is 5.92 Å². The first kappa shape index (κ1) is 20.4. The first-order valence-electron chi connectivity index (χ1n) is 9.81. The number of rotatable bonds is 5. The van der Waals surface area contributed by atoms with E-state index >= 15 is 0 Å². The number of aliphatic hydroxyl groups excluding tert-OH is 1. The molecule has 1 aromatic rings. The van der Waals surface area contributed by atoms with Crippen LogP contribution in [0.5, 0.6) is 5.75 Å². The van der Waals surface area contributed by atoms with Crippen LogP contribution in [-0.4, -0.2) is 89.8 Å². The number of amides is 1. The van der Waals surface area contributed by atoms with Gasteiger partial charge in [-0.15, -0.1) is 0 Å². The molecular weight excluding hydrogens is 366 g/mol. The molecule has 150 valence electrons. The van der Waals surface area contributed by atoms with Gasteiger partial charge in [0.1, 0.15) is 5.75 Å². The molecular formula is C20H30ClN3O3. The summed E-state index contributed by atoms with van der Waals surface area (Å²) in [7, 11) is 2.16. The van der Waals surface area contributed by atoms with Crippen molar-refractivity contribution in [3.8, 4) is 5.75 Å². The van der Waals surface area contributed by atoms with E-state index in [1.54, 1.807) is 6.07 Å². The summed E-state index contributed by atoms with van der Waals surface area (Å²) in [6.07, 6.45) is 2.65. The maximum Gasteiger partial charge on any atom is 0.253 e. The van der Waals surface area contributed by atoms with Crippen molar-refractivity contribution in [1.29, 1.82) is 0 Å². The number of halogens is 1. The van der Waals surface area contributed by atoms with Crippen LogP contribution in [0.25, 0.3) is 0 Å². The molecule has 6 nitrogen and oxygen atoms in total. The van der Waals surface area contributed by atoms with E-state index in [2.05, 4.69) is 16.8 Å². The van der Waals surface area contributed by atoms with E-state index in [0.717, 1.165) is 52.0 Å². The Morgan fingerprint density at radius 1 is 1.22 bits per heavy atom.